The minimum Gasteiger partial charge on any atom is -0.446 e. The summed E-state index contributed by atoms with van der Waals surface area (Å²) in [4.78, 5) is 11.5. The van der Waals surface area contributed by atoms with Gasteiger partial charge in [-0.2, -0.15) is 0 Å². The van der Waals surface area contributed by atoms with E-state index < -0.39 is 0 Å². The van der Waals surface area contributed by atoms with Crippen LogP contribution < -0.4 is 0 Å². The highest BCUT2D eigenvalue weighted by atomic mass is 79.9. The lowest BCUT2D eigenvalue weighted by atomic mass is 10.1. The first kappa shape index (κ1) is 10.3. The maximum atomic E-state index is 11.5. The summed E-state index contributed by atoms with van der Waals surface area (Å²) < 4.78 is 5.70. The van der Waals surface area contributed by atoms with Crippen molar-refractivity contribution in [2.45, 2.75) is 19.8 Å². The number of rotatable bonds is 4. The molecule has 0 unspecified atom stereocenters. The standard InChI is InChI=1S/C10H11BrO2/c1-3-7(2)6-8(12)9-4-5-10(11)13-9/h4-5H,2-3,6H2,1H3. The van der Waals surface area contributed by atoms with E-state index in [4.69, 9.17) is 4.42 Å². The zero-order valence-corrected chi connectivity index (χ0v) is 9.06. The second-order valence-electron chi connectivity index (χ2n) is 2.81. The van der Waals surface area contributed by atoms with E-state index >= 15 is 0 Å². The van der Waals surface area contributed by atoms with Gasteiger partial charge in [-0.25, -0.2) is 0 Å². The molecule has 70 valence electrons. The molecule has 0 aliphatic rings. The van der Waals surface area contributed by atoms with Crippen LogP contribution in [0.25, 0.3) is 0 Å². The van der Waals surface area contributed by atoms with Crippen LogP contribution in [0.2, 0.25) is 0 Å². The third-order valence-electron chi connectivity index (χ3n) is 1.76. The summed E-state index contributed by atoms with van der Waals surface area (Å²) in [7, 11) is 0. The third kappa shape index (κ3) is 2.84. The van der Waals surface area contributed by atoms with Crippen molar-refractivity contribution in [1.29, 1.82) is 0 Å². The van der Waals surface area contributed by atoms with Crippen LogP contribution >= 0.6 is 15.9 Å². The van der Waals surface area contributed by atoms with Crippen molar-refractivity contribution in [3.8, 4) is 0 Å². The minimum atomic E-state index is -0.0162. The first-order chi connectivity index (χ1) is 6.13. The van der Waals surface area contributed by atoms with Crippen molar-refractivity contribution >= 4 is 21.7 Å². The number of Topliss-reactive ketones (excluding diaryl/α,β-unsaturated/α-hetero) is 1. The molecule has 0 aliphatic carbocycles. The number of carbonyl (C=O) groups is 1. The molecule has 1 heterocycles. The van der Waals surface area contributed by atoms with Crippen LogP contribution in [-0.4, -0.2) is 5.78 Å². The van der Waals surface area contributed by atoms with Gasteiger partial charge in [0, 0.05) is 6.42 Å². The van der Waals surface area contributed by atoms with Gasteiger partial charge in [-0.1, -0.05) is 19.1 Å². The molecule has 13 heavy (non-hydrogen) atoms. The molecule has 1 rings (SSSR count). The monoisotopic (exact) mass is 242 g/mol. The van der Waals surface area contributed by atoms with E-state index in [-0.39, 0.29) is 5.78 Å². The summed E-state index contributed by atoms with van der Waals surface area (Å²) in [6, 6.07) is 3.37. The summed E-state index contributed by atoms with van der Waals surface area (Å²) in [5.41, 5.74) is 0.928. The molecule has 1 aromatic heterocycles. The van der Waals surface area contributed by atoms with Gasteiger partial charge in [-0.05, 0) is 34.5 Å². The van der Waals surface area contributed by atoms with E-state index in [1.54, 1.807) is 12.1 Å². The molecular weight excluding hydrogens is 232 g/mol. The molecule has 0 bridgehead atoms. The molecule has 0 aromatic carbocycles. The van der Waals surface area contributed by atoms with Gasteiger partial charge in [0.25, 0.3) is 0 Å². The number of hydrogen-bond acceptors (Lipinski definition) is 2. The highest BCUT2D eigenvalue weighted by molar-refractivity contribution is 9.10. The average molecular weight is 243 g/mol. The van der Waals surface area contributed by atoms with Crippen LogP contribution in [-0.2, 0) is 0 Å². The van der Waals surface area contributed by atoms with Crippen LogP contribution in [0.1, 0.15) is 30.3 Å². The predicted molar refractivity (Wildman–Crippen MR) is 54.8 cm³/mol. The van der Waals surface area contributed by atoms with Crippen LogP contribution in [0.3, 0.4) is 0 Å². The zero-order chi connectivity index (χ0) is 9.84. The first-order valence-electron chi connectivity index (χ1n) is 4.08. The molecule has 0 N–H and O–H groups in total. The molecule has 0 saturated carbocycles. The number of allylic oxidation sites excluding steroid dienone is 1. The Labute approximate surface area is 85.8 Å². The lowest BCUT2D eigenvalue weighted by Gasteiger charge is -1.98. The predicted octanol–water partition coefficient (Wildman–Crippen LogP) is 3.58. The second-order valence-corrected chi connectivity index (χ2v) is 3.59. The summed E-state index contributed by atoms with van der Waals surface area (Å²) in [6.07, 6.45) is 1.20. The first-order valence-corrected chi connectivity index (χ1v) is 4.88. The van der Waals surface area contributed by atoms with Gasteiger partial charge in [0.05, 0.1) is 0 Å². The van der Waals surface area contributed by atoms with Gasteiger partial charge >= 0.3 is 0 Å². The van der Waals surface area contributed by atoms with E-state index in [0.29, 0.717) is 16.9 Å². The maximum absolute atomic E-state index is 11.5. The zero-order valence-electron chi connectivity index (χ0n) is 7.47. The van der Waals surface area contributed by atoms with Crippen molar-refractivity contribution < 1.29 is 9.21 Å². The summed E-state index contributed by atoms with van der Waals surface area (Å²) in [6.45, 7) is 5.75. The normalized spacial score (nSPS) is 10.0. The lowest BCUT2D eigenvalue weighted by Crippen LogP contribution is -1.97. The number of hydrogen-bond donors (Lipinski definition) is 0. The molecular formula is C10H11BrO2. The fourth-order valence-electron chi connectivity index (χ4n) is 0.903. The Kier molecular flexibility index (Phi) is 3.48. The van der Waals surface area contributed by atoms with Crippen molar-refractivity contribution in [3.63, 3.8) is 0 Å². The van der Waals surface area contributed by atoms with Crippen LogP contribution in [0.5, 0.6) is 0 Å². The van der Waals surface area contributed by atoms with Gasteiger partial charge in [0.1, 0.15) is 0 Å². The van der Waals surface area contributed by atoms with Gasteiger partial charge in [0.15, 0.2) is 10.4 Å². The Morgan fingerprint density at radius 1 is 1.62 bits per heavy atom. The topological polar surface area (TPSA) is 30.2 Å². The molecule has 3 heteroatoms. The van der Waals surface area contributed by atoms with Crippen molar-refractivity contribution in [2.24, 2.45) is 0 Å². The molecule has 1 aromatic rings. The molecule has 0 radical (unpaired) electrons. The number of ketones is 1. The average Bonchev–Trinajstić information content (AvgIpc) is 2.51. The summed E-state index contributed by atoms with van der Waals surface area (Å²) in [5.74, 6) is 0.374. The van der Waals surface area contributed by atoms with Crippen molar-refractivity contribution in [2.75, 3.05) is 0 Å². The second kappa shape index (κ2) is 4.42. The highest BCUT2D eigenvalue weighted by Gasteiger charge is 2.10. The van der Waals surface area contributed by atoms with Gasteiger partial charge < -0.3 is 4.42 Å². The van der Waals surface area contributed by atoms with Gasteiger partial charge in [-0.15, -0.1) is 0 Å². The minimum absolute atomic E-state index is 0.0162. The van der Waals surface area contributed by atoms with E-state index in [1.165, 1.54) is 0 Å². The van der Waals surface area contributed by atoms with E-state index in [9.17, 15) is 4.79 Å². The van der Waals surface area contributed by atoms with Crippen LogP contribution in [0.15, 0.2) is 33.4 Å². The molecule has 0 saturated heterocycles. The summed E-state index contributed by atoms with van der Waals surface area (Å²) in [5, 5.41) is 0. The van der Waals surface area contributed by atoms with Crippen LogP contribution in [0.4, 0.5) is 0 Å². The van der Waals surface area contributed by atoms with E-state index in [2.05, 4.69) is 22.5 Å². The molecule has 0 aliphatic heterocycles. The molecule has 0 fully saturated rings. The molecule has 0 spiro atoms. The largest absolute Gasteiger partial charge is 0.446 e. The Morgan fingerprint density at radius 3 is 2.77 bits per heavy atom. The molecule has 2 nitrogen and oxygen atoms in total. The number of halogens is 1. The smallest absolute Gasteiger partial charge is 0.202 e. The Balaban J connectivity index is 2.64. The highest BCUT2D eigenvalue weighted by Crippen LogP contribution is 2.17. The van der Waals surface area contributed by atoms with E-state index in [1.807, 2.05) is 6.92 Å². The van der Waals surface area contributed by atoms with E-state index in [0.717, 1.165) is 12.0 Å². The quantitative estimate of drug-likeness (QED) is 0.597. The number of carbonyl (C=O) groups excluding carboxylic acids is 1. The summed E-state index contributed by atoms with van der Waals surface area (Å²) >= 11 is 3.14. The molecule has 0 amide bonds. The van der Waals surface area contributed by atoms with Gasteiger partial charge in [-0.3, -0.25) is 4.79 Å². The third-order valence-corrected chi connectivity index (χ3v) is 2.18. The van der Waals surface area contributed by atoms with Crippen molar-refractivity contribution in [3.05, 3.63) is 34.7 Å². The van der Waals surface area contributed by atoms with Crippen molar-refractivity contribution in [1.82, 2.24) is 0 Å². The molecule has 0 atom stereocenters. The Morgan fingerprint density at radius 2 is 2.31 bits per heavy atom. The maximum Gasteiger partial charge on any atom is 0.202 e. The van der Waals surface area contributed by atoms with Crippen LogP contribution in [0, 0.1) is 0 Å². The number of furan rings is 1. The van der Waals surface area contributed by atoms with Gasteiger partial charge in [0.2, 0.25) is 5.78 Å². The lowest BCUT2D eigenvalue weighted by molar-refractivity contribution is 0.0964. The fraction of sp³-hybridized carbons (Fsp3) is 0.300. The Hall–Kier alpha value is -0.830. The Bertz CT molecular complexity index is 325. The fourth-order valence-corrected chi connectivity index (χ4v) is 1.21. The SMILES string of the molecule is C=C(CC)CC(=O)c1ccc(Br)o1.